The van der Waals surface area contributed by atoms with E-state index in [0.717, 1.165) is 103 Å². The average molecular weight is 1090 g/mol. The van der Waals surface area contributed by atoms with Gasteiger partial charge in [-0.1, -0.05) is 130 Å². The van der Waals surface area contributed by atoms with Gasteiger partial charge in [0.2, 0.25) is 11.8 Å². The van der Waals surface area contributed by atoms with Crippen molar-refractivity contribution in [3.05, 3.63) is 116 Å². The van der Waals surface area contributed by atoms with E-state index in [4.69, 9.17) is 65.8 Å². The lowest BCUT2D eigenvalue weighted by Crippen LogP contribution is -2.76. The molecule has 6 aromatic rings. The van der Waals surface area contributed by atoms with Gasteiger partial charge in [-0.05, 0) is 132 Å². The minimum atomic E-state index is -1.97. The van der Waals surface area contributed by atoms with Crippen molar-refractivity contribution in [2.45, 2.75) is 178 Å². The first-order valence-corrected chi connectivity index (χ1v) is 28.5. The zero-order valence-electron chi connectivity index (χ0n) is 42.2. The fourth-order valence-electron chi connectivity index (χ4n) is 13.4. The van der Waals surface area contributed by atoms with Crippen LogP contribution in [0.5, 0.6) is 11.5 Å². The van der Waals surface area contributed by atoms with Crippen molar-refractivity contribution in [3.8, 4) is 11.5 Å². The van der Waals surface area contributed by atoms with Crippen LogP contribution in [-0.4, -0.2) is 43.0 Å². The summed E-state index contributed by atoms with van der Waals surface area (Å²) >= 11 is 26.9. The third-order valence-electron chi connectivity index (χ3n) is 16.7. The van der Waals surface area contributed by atoms with Crippen molar-refractivity contribution < 1.29 is 27.8 Å². The van der Waals surface area contributed by atoms with Crippen molar-refractivity contribution in [2.24, 2.45) is 11.8 Å². The first kappa shape index (κ1) is 52.8. The molecule has 4 aliphatic rings. The van der Waals surface area contributed by atoms with Gasteiger partial charge in [0.1, 0.15) is 23.1 Å². The highest BCUT2D eigenvalue weighted by Crippen LogP contribution is 2.59. The number of hydrogen-bond acceptors (Lipinski definition) is 6. The maximum Gasteiger partial charge on any atom is 0.249 e. The lowest BCUT2D eigenvalue weighted by atomic mass is 9.55. The molecule has 0 radical (unpaired) electrons. The molecule has 2 heterocycles. The molecule has 0 saturated heterocycles. The van der Waals surface area contributed by atoms with E-state index >= 15 is 18.4 Å². The van der Waals surface area contributed by atoms with Crippen molar-refractivity contribution in [1.82, 2.24) is 29.7 Å². The Morgan fingerprint density at radius 2 is 0.946 bits per heavy atom. The molecule has 4 atom stereocenters. The number of nitrogens with one attached hydrogen (secondary N) is 2. The highest BCUT2D eigenvalue weighted by atomic mass is 35.5. The van der Waals surface area contributed by atoms with Crippen LogP contribution < -0.4 is 20.1 Å². The summed E-state index contributed by atoms with van der Waals surface area (Å²) in [6.07, 6.45) is 14.1. The number of carbonyl (C=O) groups excluding carboxylic acids is 2. The molecule has 2 N–H and O–H groups in total. The van der Waals surface area contributed by atoms with E-state index in [2.05, 4.69) is 10.6 Å². The molecule has 4 unspecified atom stereocenters. The zero-order valence-corrected chi connectivity index (χ0v) is 45.2. The Morgan fingerprint density at radius 1 is 0.541 bits per heavy atom. The van der Waals surface area contributed by atoms with Gasteiger partial charge in [0.05, 0.1) is 32.1 Å². The monoisotopic (exact) mass is 1090 g/mol. The van der Waals surface area contributed by atoms with Crippen LogP contribution in [0, 0.1) is 23.5 Å². The number of halogens is 6. The summed E-state index contributed by atoms with van der Waals surface area (Å²) in [7, 11) is 0. The normalized spacial score (nSPS) is 20.2. The zero-order chi connectivity index (χ0) is 51.7. The van der Waals surface area contributed by atoms with E-state index in [1.54, 1.807) is 60.7 Å². The summed E-state index contributed by atoms with van der Waals surface area (Å²) in [6, 6.07) is 19.4. The highest BCUT2D eigenvalue weighted by molar-refractivity contribution is 6.32. The van der Waals surface area contributed by atoms with E-state index in [1.165, 1.54) is 12.1 Å². The van der Waals surface area contributed by atoms with E-state index in [1.807, 2.05) is 23.0 Å². The van der Waals surface area contributed by atoms with E-state index < -0.39 is 46.8 Å². The van der Waals surface area contributed by atoms with Crippen LogP contribution in [0.4, 0.5) is 8.78 Å². The standard InChI is InChI=1S/C58H66Cl4F2N6O4/c1-35(73-43-28-26-39(59)27-29-43)53-67-49-33-47(63)45(61)31-51(49)69(53)57(37-16-7-3-8-17-37,55(71)65-41-21-11-5-12-22-41)58(38-18-9-4-10-19-38,56(72)66-42-23-13-6-14-24-42)70-52-32-46(62)48(64)34-50(52)68-54(70)36(2)74-44-25-15-20-40(60)30-44/h15,20,25-38,41-42H,3-14,16-19,21-24H2,1-2H3,(H,65,71)(H,66,72). The van der Waals surface area contributed by atoms with Crippen molar-refractivity contribution in [2.75, 3.05) is 0 Å². The Bertz CT molecular complexity index is 2980. The second-order valence-corrected chi connectivity index (χ2v) is 23.1. The third-order valence-corrected chi connectivity index (χ3v) is 17.7. The Morgan fingerprint density at radius 3 is 1.36 bits per heavy atom. The van der Waals surface area contributed by atoms with Gasteiger partial charge in [-0.15, -0.1) is 0 Å². The molecule has 10 rings (SSSR count). The Labute approximate surface area is 452 Å². The first-order valence-electron chi connectivity index (χ1n) is 27.0. The van der Waals surface area contributed by atoms with Gasteiger partial charge in [0.25, 0.3) is 0 Å². The van der Waals surface area contributed by atoms with Crippen molar-refractivity contribution in [3.63, 3.8) is 0 Å². The van der Waals surface area contributed by atoms with Crippen molar-refractivity contribution in [1.29, 1.82) is 0 Å². The molecule has 16 heteroatoms. The van der Waals surface area contributed by atoms with Gasteiger partial charge >= 0.3 is 0 Å². The largest absolute Gasteiger partial charge is 0.483 e. The van der Waals surface area contributed by atoms with Crippen LogP contribution in [0.25, 0.3) is 22.1 Å². The van der Waals surface area contributed by atoms with Gasteiger partial charge in [0.15, 0.2) is 34.9 Å². The van der Waals surface area contributed by atoms with Crippen molar-refractivity contribution >= 4 is 80.3 Å². The Hall–Kier alpha value is -4.62. The molecule has 4 aliphatic carbocycles. The number of benzene rings is 4. The second kappa shape index (κ2) is 22.5. The fraction of sp³-hybridized carbons (Fsp3) is 0.517. The first-order chi connectivity index (χ1) is 35.8. The molecule has 0 bridgehead atoms. The molecule has 394 valence electrons. The summed E-state index contributed by atoms with van der Waals surface area (Å²) in [4.78, 5) is 46.0. The number of nitrogens with zero attached hydrogens (tertiary/aromatic N) is 4. The molecule has 0 spiro atoms. The molecule has 74 heavy (non-hydrogen) atoms. The minimum absolute atomic E-state index is 0.170. The van der Waals surface area contributed by atoms with E-state index in [9.17, 15) is 0 Å². The van der Waals surface area contributed by atoms with Crippen LogP contribution in [0.3, 0.4) is 0 Å². The van der Waals surface area contributed by atoms with Gasteiger partial charge < -0.3 is 29.2 Å². The number of fused-ring (bicyclic) bond motifs is 2. The summed E-state index contributed by atoms with van der Waals surface area (Å²) in [5, 5.41) is 8.02. The summed E-state index contributed by atoms with van der Waals surface area (Å²) < 4.78 is 50.0. The van der Waals surface area contributed by atoms with Crippen LogP contribution in [0.15, 0.2) is 72.8 Å². The average Bonchev–Trinajstić information content (AvgIpc) is 4.01. The summed E-state index contributed by atoms with van der Waals surface area (Å²) in [6.45, 7) is 3.72. The molecule has 10 nitrogen and oxygen atoms in total. The number of carbonyl (C=O) groups is 2. The maximum atomic E-state index is 17.7. The smallest absolute Gasteiger partial charge is 0.249 e. The quantitative estimate of drug-likeness (QED) is 0.106. The highest BCUT2D eigenvalue weighted by Gasteiger charge is 2.71. The topological polar surface area (TPSA) is 112 Å². The van der Waals surface area contributed by atoms with Gasteiger partial charge in [-0.3, -0.25) is 9.59 Å². The lowest BCUT2D eigenvalue weighted by Gasteiger charge is -2.59. The summed E-state index contributed by atoms with van der Waals surface area (Å²) in [5.74, 6) is -1.69. The molecule has 0 aliphatic heterocycles. The van der Waals surface area contributed by atoms with Crippen LogP contribution >= 0.6 is 46.4 Å². The number of aromatic nitrogens is 4. The van der Waals surface area contributed by atoms with E-state index in [-0.39, 0.29) is 50.8 Å². The number of ether oxygens (including phenoxy) is 2. The molecule has 4 fully saturated rings. The Balaban J connectivity index is 1.41. The fourth-order valence-corrected chi connectivity index (χ4v) is 14.0. The predicted molar refractivity (Wildman–Crippen MR) is 290 cm³/mol. The summed E-state index contributed by atoms with van der Waals surface area (Å²) in [5.41, 5.74) is -2.73. The van der Waals surface area contributed by atoms with Gasteiger partial charge in [-0.25, -0.2) is 18.7 Å². The minimum Gasteiger partial charge on any atom is -0.483 e. The molecule has 4 aromatic carbocycles. The maximum absolute atomic E-state index is 17.7. The van der Waals surface area contributed by atoms with Crippen LogP contribution in [-0.2, 0) is 20.7 Å². The predicted octanol–water partition coefficient (Wildman–Crippen LogP) is 15.7. The molecule has 2 amide bonds. The molecular formula is C58H66Cl4F2N6O4. The number of amides is 2. The van der Waals surface area contributed by atoms with Gasteiger partial charge in [0, 0.05) is 34.3 Å². The number of imidazole rings is 2. The number of hydrogen-bond donors (Lipinski definition) is 2. The number of rotatable bonds is 15. The molecule has 4 saturated carbocycles. The second-order valence-electron chi connectivity index (χ2n) is 21.4. The van der Waals surface area contributed by atoms with Crippen LogP contribution in [0.1, 0.15) is 166 Å². The van der Waals surface area contributed by atoms with E-state index in [0.29, 0.717) is 64.1 Å². The SMILES string of the molecule is CC(Oc1ccc(Cl)cc1)c1nc2cc(F)c(Cl)cc2n1C(C(=O)NC1CCCCC1)(C1CCCCC1)C(C(=O)NC1CCCCC1)(C1CCCCC1)n1c(C(C)Oc2cccc(Cl)c2)nc2cc(F)c(Cl)cc21. The molecule has 2 aromatic heterocycles. The van der Waals surface area contributed by atoms with Gasteiger partial charge in [-0.2, -0.15) is 0 Å². The Kier molecular flexibility index (Phi) is 16.1. The third kappa shape index (κ3) is 9.99. The lowest BCUT2D eigenvalue weighted by molar-refractivity contribution is -0.165. The van der Waals surface area contributed by atoms with Crippen LogP contribution in [0.2, 0.25) is 20.1 Å². The molecular weight excluding hydrogens is 1020 g/mol.